The van der Waals surface area contributed by atoms with E-state index in [2.05, 4.69) is 20.3 Å². The molecule has 0 bridgehead atoms. The highest BCUT2D eigenvalue weighted by Gasteiger charge is 2.38. The number of nitrogens with zero attached hydrogens (tertiary/aromatic N) is 1. The summed E-state index contributed by atoms with van der Waals surface area (Å²) >= 11 is 5.87. The molecule has 1 heterocycles. The number of alkyl halides is 3. The highest BCUT2D eigenvalue weighted by molar-refractivity contribution is 7.92. The second-order valence-electron chi connectivity index (χ2n) is 7.59. The van der Waals surface area contributed by atoms with Gasteiger partial charge in [0, 0.05) is 43.3 Å². The van der Waals surface area contributed by atoms with E-state index < -0.39 is 22.2 Å². The molecule has 0 aromatic heterocycles. The van der Waals surface area contributed by atoms with Gasteiger partial charge in [0.2, 0.25) is 0 Å². The molecule has 1 saturated heterocycles. The molecule has 3 rings (SSSR count). The Kier molecular flexibility index (Phi) is 10.4. The van der Waals surface area contributed by atoms with Crippen LogP contribution in [0.5, 0.6) is 0 Å². The molecule has 0 spiro atoms. The van der Waals surface area contributed by atoms with Gasteiger partial charge in [0.15, 0.2) is 0 Å². The number of nitrogens with one attached hydrogen (secondary N) is 3. The fourth-order valence-electron chi connectivity index (χ4n) is 3.10. The zero-order valence-electron chi connectivity index (χ0n) is 19.2. The van der Waals surface area contributed by atoms with Crippen LogP contribution in [0.2, 0.25) is 5.02 Å². The number of carboxylic acids is 1. The lowest BCUT2D eigenvalue weighted by molar-refractivity contribution is -0.192. The average molecular weight is 551 g/mol. The number of hydrogen-bond acceptors (Lipinski definition) is 6. The van der Waals surface area contributed by atoms with Crippen LogP contribution in [-0.2, 0) is 14.8 Å². The molecule has 0 saturated carbocycles. The van der Waals surface area contributed by atoms with Gasteiger partial charge in [-0.25, -0.2) is 13.2 Å². The minimum atomic E-state index is -5.08. The Bertz CT molecular complexity index is 1160. The lowest BCUT2D eigenvalue weighted by Crippen LogP contribution is -2.43. The Hall–Kier alpha value is -3.03. The van der Waals surface area contributed by atoms with Gasteiger partial charge in [0.25, 0.3) is 15.9 Å². The Morgan fingerprint density at radius 2 is 1.69 bits per heavy atom. The molecule has 9 nitrogen and oxygen atoms in total. The monoisotopic (exact) mass is 550 g/mol. The van der Waals surface area contributed by atoms with Crippen molar-refractivity contribution in [2.45, 2.75) is 24.4 Å². The number of anilines is 2. The molecule has 1 aliphatic rings. The van der Waals surface area contributed by atoms with Crippen molar-refractivity contribution in [1.82, 2.24) is 10.6 Å². The summed E-state index contributed by atoms with van der Waals surface area (Å²) in [5.41, 5.74) is 1.54. The highest BCUT2D eigenvalue weighted by atomic mass is 35.5. The minimum absolute atomic E-state index is 0.106. The third kappa shape index (κ3) is 8.57. The maximum absolute atomic E-state index is 12.9. The number of hydrogen-bond donors (Lipinski definition) is 4. The molecule has 198 valence electrons. The fraction of sp³-hybridized carbons (Fsp3) is 0.364. The van der Waals surface area contributed by atoms with Crippen LogP contribution in [-0.4, -0.2) is 64.3 Å². The Balaban J connectivity index is 0.000000572. The van der Waals surface area contributed by atoms with Crippen molar-refractivity contribution in [2.75, 3.05) is 42.3 Å². The molecule has 2 aromatic rings. The van der Waals surface area contributed by atoms with Crippen LogP contribution in [0, 0.1) is 0 Å². The predicted octanol–water partition coefficient (Wildman–Crippen LogP) is 3.32. The normalized spacial score (nSPS) is 13.9. The van der Waals surface area contributed by atoms with Gasteiger partial charge in [-0.1, -0.05) is 18.5 Å². The van der Waals surface area contributed by atoms with E-state index in [1.807, 2.05) is 6.92 Å². The molecule has 0 radical (unpaired) electrons. The van der Waals surface area contributed by atoms with Crippen LogP contribution in [0.25, 0.3) is 0 Å². The van der Waals surface area contributed by atoms with Crippen molar-refractivity contribution < 1.29 is 36.3 Å². The van der Waals surface area contributed by atoms with Crippen molar-refractivity contribution in [3.8, 4) is 0 Å². The molecule has 0 unspecified atom stereocenters. The quantitative estimate of drug-likeness (QED) is 0.416. The number of carbonyl (C=O) groups is 2. The molecule has 0 atom stereocenters. The van der Waals surface area contributed by atoms with E-state index in [1.54, 1.807) is 18.2 Å². The van der Waals surface area contributed by atoms with Crippen molar-refractivity contribution in [3.05, 3.63) is 53.1 Å². The summed E-state index contributed by atoms with van der Waals surface area (Å²) in [6.45, 7) is 5.64. The molecule has 14 heteroatoms. The summed E-state index contributed by atoms with van der Waals surface area (Å²) in [4.78, 5) is 23.5. The van der Waals surface area contributed by atoms with Gasteiger partial charge in [0.05, 0.1) is 16.3 Å². The first kappa shape index (κ1) is 29.2. The maximum atomic E-state index is 12.9. The number of aliphatic carboxylic acids is 1. The van der Waals surface area contributed by atoms with E-state index in [4.69, 9.17) is 21.5 Å². The maximum Gasteiger partial charge on any atom is 0.490 e. The molecule has 1 aliphatic heterocycles. The zero-order valence-corrected chi connectivity index (χ0v) is 20.8. The van der Waals surface area contributed by atoms with Crippen LogP contribution < -0.4 is 20.3 Å². The topological polar surface area (TPSA) is 128 Å². The standard InChI is InChI=1S/C20H25ClN4O3S.C2HF3O2/c1-2-9-23-20(26)15-3-8-19(25-12-10-22-11-13-25)18(14-15)24-29(27,28)17-6-4-16(21)5-7-17;3-2(4,5)1(6)7/h3-8,14,22,24H,2,9-13H2,1H3,(H,23,26);(H,6,7). The van der Waals surface area contributed by atoms with Crippen molar-refractivity contribution in [3.63, 3.8) is 0 Å². The van der Waals surface area contributed by atoms with Gasteiger partial charge in [0.1, 0.15) is 0 Å². The highest BCUT2D eigenvalue weighted by Crippen LogP contribution is 2.30. The Labute approximate surface area is 211 Å². The second kappa shape index (κ2) is 12.8. The molecular weight excluding hydrogens is 525 g/mol. The van der Waals surface area contributed by atoms with E-state index in [-0.39, 0.29) is 10.8 Å². The molecule has 4 N–H and O–H groups in total. The third-order valence-electron chi connectivity index (χ3n) is 4.86. The van der Waals surface area contributed by atoms with Crippen LogP contribution in [0.4, 0.5) is 24.5 Å². The fourth-order valence-corrected chi connectivity index (χ4v) is 4.29. The third-order valence-corrected chi connectivity index (χ3v) is 6.50. The summed E-state index contributed by atoms with van der Waals surface area (Å²) in [5.74, 6) is -2.99. The number of piperazine rings is 1. The summed E-state index contributed by atoms with van der Waals surface area (Å²) in [6, 6.07) is 11.1. The first-order valence-corrected chi connectivity index (χ1v) is 12.7. The second-order valence-corrected chi connectivity index (χ2v) is 9.71. The SMILES string of the molecule is CCCNC(=O)c1ccc(N2CCNCC2)c(NS(=O)(=O)c2ccc(Cl)cc2)c1.O=C(O)C(F)(F)F. The van der Waals surface area contributed by atoms with Crippen LogP contribution in [0.15, 0.2) is 47.4 Å². The van der Waals surface area contributed by atoms with Crippen molar-refractivity contribution >= 4 is 44.9 Å². The number of amides is 1. The van der Waals surface area contributed by atoms with Crippen LogP contribution >= 0.6 is 11.6 Å². The molecule has 36 heavy (non-hydrogen) atoms. The van der Waals surface area contributed by atoms with Crippen LogP contribution in [0.1, 0.15) is 23.7 Å². The number of carbonyl (C=O) groups excluding carboxylic acids is 1. The largest absolute Gasteiger partial charge is 0.490 e. The van der Waals surface area contributed by atoms with E-state index >= 15 is 0 Å². The number of sulfonamides is 1. The average Bonchev–Trinajstić information content (AvgIpc) is 2.83. The Morgan fingerprint density at radius 1 is 1.11 bits per heavy atom. The smallest absolute Gasteiger partial charge is 0.475 e. The predicted molar refractivity (Wildman–Crippen MR) is 130 cm³/mol. The number of benzene rings is 2. The first-order valence-electron chi connectivity index (χ1n) is 10.8. The van der Waals surface area contributed by atoms with Gasteiger partial charge in [-0.3, -0.25) is 9.52 Å². The lowest BCUT2D eigenvalue weighted by Gasteiger charge is -2.31. The van der Waals surface area contributed by atoms with Gasteiger partial charge in [-0.15, -0.1) is 0 Å². The van der Waals surface area contributed by atoms with E-state index in [1.165, 1.54) is 24.3 Å². The lowest BCUT2D eigenvalue weighted by atomic mass is 10.1. The summed E-state index contributed by atoms with van der Waals surface area (Å²) in [5, 5.41) is 13.7. The number of rotatable bonds is 7. The molecule has 2 aromatic carbocycles. The van der Waals surface area contributed by atoms with Gasteiger partial charge < -0.3 is 20.6 Å². The van der Waals surface area contributed by atoms with Crippen molar-refractivity contribution in [1.29, 1.82) is 0 Å². The van der Waals surface area contributed by atoms with Gasteiger partial charge in [-0.2, -0.15) is 13.2 Å². The first-order chi connectivity index (χ1) is 16.8. The minimum Gasteiger partial charge on any atom is -0.475 e. The van der Waals surface area contributed by atoms with E-state index in [9.17, 15) is 26.4 Å². The summed E-state index contributed by atoms with van der Waals surface area (Å²) < 4.78 is 60.2. The summed E-state index contributed by atoms with van der Waals surface area (Å²) in [7, 11) is -3.83. The molecule has 0 aliphatic carbocycles. The van der Waals surface area contributed by atoms with Gasteiger partial charge in [-0.05, 0) is 48.9 Å². The zero-order chi connectivity index (χ0) is 26.9. The molecule has 1 amide bonds. The molecular formula is C22H26ClF3N4O5S. The van der Waals surface area contributed by atoms with E-state index in [0.717, 1.165) is 38.3 Å². The number of carboxylic acid groups (broad SMARTS) is 1. The Morgan fingerprint density at radius 3 is 2.22 bits per heavy atom. The molecule has 1 fully saturated rings. The summed E-state index contributed by atoms with van der Waals surface area (Å²) in [6.07, 6.45) is -4.26. The van der Waals surface area contributed by atoms with Gasteiger partial charge >= 0.3 is 12.1 Å². The van der Waals surface area contributed by atoms with Crippen molar-refractivity contribution in [2.24, 2.45) is 0 Å². The van der Waals surface area contributed by atoms with E-state index in [0.29, 0.717) is 22.8 Å². The number of halogens is 4. The van der Waals surface area contributed by atoms with Crippen LogP contribution in [0.3, 0.4) is 0 Å².